The maximum Gasteiger partial charge on any atom is 0.319 e. The molecule has 0 unspecified atom stereocenters. The van der Waals surface area contributed by atoms with E-state index in [1.807, 2.05) is 24.3 Å². The number of nitrogens with two attached hydrogens (primary N) is 1. The van der Waals surface area contributed by atoms with Crippen LogP contribution in [0.25, 0.3) is 0 Å². The van der Waals surface area contributed by atoms with Gasteiger partial charge in [0.25, 0.3) is 0 Å². The molecule has 1 aromatic rings. The topological polar surface area (TPSA) is 84.2 Å². The predicted octanol–water partition coefficient (Wildman–Crippen LogP) is 1.56. The van der Waals surface area contributed by atoms with Crippen molar-refractivity contribution in [2.24, 2.45) is 5.73 Å². The van der Waals surface area contributed by atoms with Gasteiger partial charge in [0.15, 0.2) is 0 Å². The molecule has 0 aromatic heterocycles. The van der Waals surface area contributed by atoms with Gasteiger partial charge in [-0.25, -0.2) is 4.79 Å². The van der Waals surface area contributed by atoms with Crippen molar-refractivity contribution in [2.45, 2.75) is 13.0 Å². The molecule has 6 heteroatoms. The maximum absolute atomic E-state index is 11.5. The zero-order chi connectivity index (χ0) is 13.3. The molecule has 0 bridgehead atoms. The van der Waals surface area contributed by atoms with E-state index in [1.54, 1.807) is 6.92 Å². The van der Waals surface area contributed by atoms with Crippen LogP contribution in [0.2, 0.25) is 0 Å². The molecular formula is C12H12BrN3O2. The van der Waals surface area contributed by atoms with Gasteiger partial charge < -0.3 is 16.4 Å². The molecular weight excluding hydrogens is 298 g/mol. The van der Waals surface area contributed by atoms with Gasteiger partial charge in [0, 0.05) is 10.2 Å². The molecule has 1 aliphatic heterocycles. The molecule has 1 atom stereocenters. The number of hydrogen-bond acceptors (Lipinski definition) is 2. The van der Waals surface area contributed by atoms with E-state index in [2.05, 4.69) is 26.6 Å². The Kier molecular flexibility index (Phi) is 3.38. The highest BCUT2D eigenvalue weighted by Gasteiger charge is 2.29. The van der Waals surface area contributed by atoms with Gasteiger partial charge in [-0.1, -0.05) is 28.1 Å². The van der Waals surface area contributed by atoms with E-state index >= 15 is 0 Å². The lowest BCUT2D eigenvalue weighted by molar-refractivity contribution is -0.115. The molecule has 0 saturated heterocycles. The Morgan fingerprint density at radius 2 is 2.17 bits per heavy atom. The zero-order valence-electron chi connectivity index (χ0n) is 9.66. The Balaban J connectivity index is 2.50. The second kappa shape index (κ2) is 4.81. The summed E-state index contributed by atoms with van der Waals surface area (Å²) in [5, 5.41) is 5.23. The fourth-order valence-electron chi connectivity index (χ4n) is 1.96. The van der Waals surface area contributed by atoms with Gasteiger partial charge in [0.1, 0.15) is 0 Å². The molecule has 1 aliphatic rings. The SMILES string of the molecule is CC1=C(C(N)=O)[C@H](c2cccc(Br)c2)NC(=O)N1. The van der Waals surface area contributed by atoms with Crippen molar-refractivity contribution in [2.75, 3.05) is 0 Å². The van der Waals surface area contributed by atoms with Crippen LogP contribution in [0.15, 0.2) is 40.0 Å². The number of nitrogens with one attached hydrogen (secondary N) is 2. The molecule has 4 N–H and O–H groups in total. The third kappa shape index (κ3) is 2.38. The minimum atomic E-state index is -0.551. The number of halogens is 1. The summed E-state index contributed by atoms with van der Waals surface area (Å²) in [7, 11) is 0. The van der Waals surface area contributed by atoms with Crippen molar-refractivity contribution in [1.82, 2.24) is 10.6 Å². The standard InChI is InChI=1S/C12H12BrN3O2/c1-6-9(11(14)17)10(16-12(18)15-6)7-3-2-4-8(13)5-7/h2-5,10H,1H3,(H2,14,17)(H2,15,16,18)/t10-/m0/s1. The Bertz CT molecular complexity index is 554. The third-order valence-corrected chi connectivity index (χ3v) is 3.21. The lowest BCUT2D eigenvalue weighted by Crippen LogP contribution is -2.46. The largest absolute Gasteiger partial charge is 0.366 e. The van der Waals surface area contributed by atoms with Gasteiger partial charge in [-0.3, -0.25) is 4.79 Å². The van der Waals surface area contributed by atoms with E-state index in [0.29, 0.717) is 11.3 Å². The van der Waals surface area contributed by atoms with E-state index < -0.39 is 11.9 Å². The van der Waals surface area contributed by atoms with Crippen molar-refractivity contribution >= 4 is 27.9 Å². The van der Waals surface area contributed by atoms with Crippen LogP contribution in [0.5, 0.6) is 0 Å². The van der Waals surface area contributed by atoms with Gasteiger partial charge in [-0.2, -0.15) is 0 Å². The van der Waals surface area contributed by atoms with Crippen molar-refractivity contribution in [1.29, 1.82) is 0 Å². The van der Waals surface area contributed by atoms with Crippen LogP contribution in [0.1, 0.15) is 18.5 Å². The fourth-order valence-corrected chi connectivity index (χ4v) is 2.37. The van der Waals surface area contributed by atoms with E-state index in [1.165, 1.54) is 0 Å². The molecule has 0 radical (unpaired) electrons. The van der Waals surface area contributed by atoms with E-state index in [0.717, 1.165) is 10.0 Å². The minimum Gasteiger partial charge on any atom is -0.366 e. The highest BCUT2D eigenvalue weighted by molar-refractivity contribution is 9.10. The summed E-state index contributed by atoms with van der Waals surface area (Å²) in [6.45, 7) is 1.66. The monoisotopic (exact) mass is 309 g/mol. The van der Waals surface area contributed by atoms with Crippen LogP contribution in [-0.2, 0) is 4.79 Å². The average molecular weight is 310 g/mol. The smallest absolute Gasteiger partial charge is 0.319 e. The molecule has 3 amide bonds. The quantitative estimate of drug-likeness (QED) is 0.774. The second-order valence-corrected chi connectivity index (χ2v) is 4.91. The Hall–Kier alpha value is -1.82. The van der Waals surface area contributed by atoms with E-state index in [4.69, 9.17) is 5.73 Å². The van der Waals surface area contributed by atoms with Crippen LogP contribution >= 0.6 is 15.9 Å². The van der Waals surface area contributed by atoms with Gasteiger partial charge in [0.2, 0.25) is 5.91 Å². The summed E-state index contributed by atoms with van der Waals surface area (Å²) in [6, 6.07) is 6.51. The lowest BCUT2D eigenvalue weighted by Gasteiger charge is -2.27. The van der Waals surface area contributed by atoms with Crippen LogP contribution < -0.4 is 16.4 Å². The molecule has 0 saturated carbocycles. The summed E-state index contributed by atoms with van der Waals surface area (Å²) in [6.07, 6.45) is 0. The van der Waals surface area contributed by atoms with Crippen LogP contribution in [0.4, 0.5) is 4.79 Å². The number of primary amides is 1. The van der Waals surface area contributed by atoms with Gasteiger partial charge in [-0.15, -0.1) is 0 Å². The molecule has 18 heavy (non-hydrogen) atoms. The molecule has 0 aliphatic carbocycles. The molecule has 94 valence electrons. The van der Waals surface area contributed by atoms with Crippen LogP contribution in [0.3, 0.4) is 0 Å². The first kappa shape index (κ1) is 12.6. The molecule has 0 fully saturated rings. The highest BCUT2D eigenvalue weighted by Crippen LogP contribution is 2.27. The molecule has 5 nitrogen and oxygen atoms in total. The normalized spacial score (nSPS) is 19.2. The predicted molar refractivity (Wildman–Crippen MR) is 70.4 cm³/mol. The number of amides is 3. The summed E-state index contributed by atoms with van der Waals surface area (Å²) in [4.78, 5) is 23.0. The van der Waals surface area contributed by atoms with Crippen molar-refractivity contribution < 1.29 is 9.59 Å². The summed E-state index contributed by atoms with van der Waals surface area (Å²) in [5.74, 6) is -0.551. The van der Waals surface area contributed by atoms with Crippen molar-refractivity contribution in [3.63, 3.8) is 0 Å². The first-order valence-corrected chi connectivity index (χ1v) is 6.12. The molecule has 1 aromatic carbocycles. The number of hydrogen-bond donors (Lipinski definition) is 3. The van der Waals surface area contributed by atoms with E-state index in [-0.39, 0.29) is 6.03 Å². The number of urea groups is 1. The third-order valence-electron chi connectivity index (χ3n) is 2.72. The molecule has 1 heterocycles. The fraction of sp³-hybridized carbons (Fsp3) is 0.167. The molecule has 0 spiro atoms. The molecule has 2 rings (SSSR count). The zero-order valence-corrected chi connectivity index (χ0v) is 11.2. The highest BCUT2D eigenvalue weighted by atomic mass is 79.9. The Morgan fingerprint density at radius 3 is 2.78 bits per heavy atom. The Labute approximate surface area is 113 Å². The van der Waals surface area contributed by atoms with Gasteiger partial charge in [-0.05, 0) is 24.6 Å². The average Bonchev–Trinajstić information content (AvgIpc) is 2.27. The number of rotatable bonds is 2. The van der Waals surface area contributed by atoms with Crippen molar-refractivity contribution in [3.05, 3.63) is 45.6 Å². The van der Waals surface area contributed by atoms with Crippen LogP contribution in [0, 0.1) is 0 Å². The number of carbonyl (C=O) groups is 2. The first-order chi connectivity index (χ1) is 8.49. The number of carbonyl (C=O) groups excluding carboxylic acids is 2. The first-order valence-electron chi connectivity index (χ1n) is 5.32. The Morgan fingerprint density at radius 1 is 1.44 bits per heavy atom. The van der Waals surface area contributed by atoms with Gasteiger partial charge in [0.05, 0.1) is 11.6 Å². The summed E-state index contributed by atoms with van der Waals surface area (Å²) >= 11 is 3.36. The number of allylic oxidation sites excluding steroid dienone is 1. The second-order valence-electron chi connectivity index (χ2n) is 3.99. The lowest BCUT2D eigenvalue weighted by atomic mass is 9.95. The minimum absolute atomic E-state index is 0.345. The van der Waals surface area contributed by atoms with Gasteiger partial charge >= 0.3 is 6.03 Å². The van der Waals surface area contributed by atoms with Crippen molar-refractivity contribution in [3.8, 4) is 0 Å². The number of benzene rings is 1. The summed E-state index contributed by atoms with van der Waals surface area (Å²) in [5.41, 5.74) is 7.02. The summed E-state index contributed by atoms with van der Waals surface area (Å²) < 4.78 is 0.870. The van der Waals surface area contributed by atoms with Crippen LogP contribution in [-0.4, -0.2) is 11.9 Å². The van der Waals surface area contributed by atoms with E-state index in [9.17, 15) is 9.59 Å². The maximum atomic E-state index is 11.5.